The number of benzene rings is 1. The van der Waals surface area contributed by atoms with Crippen molar-refractivity contribution in [2.75, 3.05) is 31.6 Å². The highest BCUT2D eigenvalue weighted by Crippen LogP contribution is 2.32. The lowest BCUT2D eigenvalue weighted by Gasteiger charge is -2.23. The quantitative estimate of drug-likeness (QED) is 0.473. The molecular formula is C15H21N3O3. The topological polar surface area (TPSA) is 66.7 Å². The number of Topliss-reactive ketones (excluding diaryl/α,β-unsaturated/α-hetero) is 1. The van der Waals surface area contributed by atoms with Gasteiger partial charge in [-0.15, -0.1) is 0 Å². The first-order valence-corrected chi connectivity index (χ1v) is 7.18. The molecular weight excluding hydrogens is 270 g/mol. The van der Waals surface area contributed by atoms with E-state index in [2.05, 4.69) is 18.9 Å². The molecule has 1 saturated heterocycles. The maximum absolute atomic E-state index is 11.4. The lowest BCUT2D eigenvalue weighted by Crippen LogP contribution is -2.34. The Morgan fingerprint density at radius 3 is 2.81 bits per heavy atom. The molecule has 0 aromatic heterocycles. The van der Waals surface area contributed by atoms with E-state index >= 15 is 0 Å². The molecule has 1 fully saturated rings. The van der Waals surface area contributed by atoms with Gasteiger partial charge in [-0.25, -0.2) is 0 Å². The number of nitro benzene ring substituents is 1. The highest BCUT2D eigenvalue weighted by atomic mass is 16.6. The molecule has 0 amide bonds. The van der Waals surface area contributed by atoms with Gasteiger partial charge < -0.3 is 9.80 Å². The molecule has 2 rings (SSSR count). The van der Waals surface area contributed by atoms with Crippen LogP contribution < -0.4 is 4.90 Å². The molecule has 21 heavy (non-hydrogen) atoms. The Bertz CT molecular complexity index is 559. The van der Waals surface area contributed by atoms with Gasteiger partial charge in [-0.2, -0.15) is 0 Å². The SMILES string of the molecule is CCN(C)C1CCN(c2ccc(C(C)=O)cc2[N+](=O)[O-])C1. The minimum atomic E-state index is -0.404. The van der Waals surface area contributed by atoms with E-state index in [9.17, 15) is 14.9 Å². The third kappa shape index (κ3) is 3.21. The van der Waals surface area contributed by atoms with Crippen LogP contribution in [0.5, 0.6) is 0 Å². The predicted octanol–water partition coefficient (Wildman–Crippen LogP) is 2.33. The van der Waals surface area contributed by atoms with Crippen molar-refractivity contribution in [2.45, 2.75) is 26.3 Å². The van der Waals surface area contributed by atoms with Gasteiger partial charge in [0.25, 0.3) is 5.69 Å². The second kappa shape index (κ2) is 6.22. The van der Waals surface area contributed by atoms with Gasteiger partial charge in [0.15, 0.2) is 5.78 Å². The van der Waals surface area contributed by atoms with Crippen LogP contribution in [0.4, 0.5) is 11.4 Å². The zero-order chi connectivity index (χ0) is 15.6. The summed E-state index contributed by atoms with van der Waals surface area (Å²) in [5.41, 5.74) is 1.01. The average molecular weight is 291 g/mol. The molecule has 1 aromatic rings. The largest absolute Gasteiger partial charge is 0.364 e. The average Bonchev–Trinajstić information content (AvgIpc) is 2.95. The first-order chi connectivity index (χ1) is 9.93. The summed E-state index contributed by atoms with van der Waals surface area (Å²) >= 11 is 0. The second-order valence-electron chi connectivity index (χ2n) is 5.48. The fourth-order valence-electron chi connectivity index (χ4n) is 2.73. The molecule has 6 heteroatoms. The summed E-state index contributed by atoms with van der Waals surface area (Å²) < 4.78 is 0. The number of hydrogen-bond donors (Lipinski definition) is 0. The zero-order valence-corrected chi connectivity index (χ0v) is 12.7. The van der Waals surface area contributed by atoms with Gasteiger partial charge in [-0.1, -0.05) is 6.92 Å². The van der Waals surface area contributed by atoms with E-state index in [0.29, 0.717) is 17.3 Å². The number of nitrogens with zero attached hydrogens (tertiary/aromatic N) is 3. The highest BCUT2D eigenvalue weighted by molar-refractivity contribution is 5.95. The Labute approximate surface area is 124 Å². The van der Waals surface area contributed by atoms with Crippen molar-refractivity contribution in [3.05, 3.63) is 33.9 Å². The van der Waals surface area contributed by atoms with Gasteiger partial charge in [0.05, 0.1) is 4.92 Å². The van der Waals surface area contributed by atoms with Crippen molar-refractivity contribution in [1.29, 1.82) is 0 Å². The van der Waals surface area contributed by atoms with Crippen LogP contribution in [0.3, 0.4) is 0 Å². The minimum Gasteiger partial charge on any atom is -0.364 e. The zero-order valence-electron chi connectivity index (χ0n) is 12.7. The summed E-state index contributed by atoms with van der Waals surface area (Å²) in [6.45, 7) is 6.07. The molecule has 1 aliphatic rings. The molecule has 1 aliphatic heterocycles. The number of anilines is 1. The summed E-state index contributed by atoms with van der Waals surface area (Å²) in [5.74, 6) is -0.158. The van der Waals surface area contributed by atoms with Crippen LogP contribution in [0, 0.1) is 10.1 Å². The molecule has 0 aliphatic carbocycles. The van der Waals surface area contributed by atoms with Gasteiger partial charge in [0.1, 0.15) is 5.69 Å². The van der Waals surface area contributed by atoms with Crippen molar-refractivity contribution in [2.24, 2.45) is 0 Å². The number of ketones is 1. The number of carbonyl (C=O) groups is 1. The van der Waals surface area contributed by atoms with Gasteiger partial charge in [0.2, 0.25) is 0 Å². The first kappa shape index (κ1) is 15.4. The van der Waals surface area contributed by atoms with Crippen molar-refractivity contribution in [1.82, 2.24) is 4.90 Å². The Morgan fingerprint density at radius 2 is 2.24 bits per heavy atom. The molecule has 0 radical (unpaired) electrons. The Balaban J connectivity index is 2.28. The van der Waals surface area contributed by atoms with Gasteiger partial charge >= 0.3 is 0 Å². The molecule has 0 N–H and O–H groups in total. The standard InChI is InChI=1S/C15H21N3O3/c1-4-16(3)13-7-8-17(10-13)14-6-5-12(11(2)19)9-15(14)18(20)21/h5-6,9,13H,4,7-8,10H2,1-3H3. The second-order valence-corrected chi connectivity index (χ2v) is 5.48. The van der Waals surface area contributed by atoms with E-state index in [1.807, 2.05) is 4.90 Å². The summed E-state index contributed by atoms with van der Waals surface area (Å²) in [4.78, 5) is 26.6. The molecule has 0 saturated carbocycles. The van der Waals surface area contributed by atoms with E-state index in [4.69, 9.17) is 0 Å². The monoisotopic (exact) mass is 291 g/mol. The van der Waals surface area contributed by atoms with Gasteiger partial charge in [-0.3, -0.25) is 14.9 Å². The lowest BCUT2D eigenvalue weighted by molar-refractivity contribution is -0.384. The van der Waals surface area contributed by atoms with Crippen LogP contribution in [-0.4, -0.2) is 48.3 Å². The van der Waals surface area contributed by atoms with Gasteiger partial charge in [-0.05, 0) is 39.1 Å². The lowest BCUT2D eigenvalue weighted by atomic mass is 10.1. The third-order valence-corrected chi connectivity index (χ3v) is 4.20. The molecule has 1 unspecified atom stereocenters. The van der Waals surface area contributed by atoms with E-state index < -0.39 is 4.92 Å². The predicted molar refractivity (Wildman–Crippen MR) is 82.0 cm³/mol. The van der Waals surface area contributed by atoms with Crippen LogP contribution >= 0.6 is 0 Å². The first-order valence-electron chi connectivity index (χ1n) is 7.18. The highest BCUT2D eigenvalue weighted by Gasteiger charge is 2.29. The number of carbonyl (C=O) groups excluding carboxylic acids is 1. The molecule has 1 heterocycles. The molecule has 0 spiro atoms. The smallest absolute Gasteiger partial charge is 0.293 e. The molecule has 0 bridgehead atoms. The van der Waals surface area contributed by atoms with Crippen molar-refractivity contribution >= 4 is 17.2 Å². The van der Waals surface area contributed by atoms with E-state index in [-0.39, 0.29) is 11.5 Å². The van der Waals surface area contributed by atoms with Crippen molar-refractivity contribution in [3.8, 4) is 0 Å². The van der Waals surface area contributed by atoms with Crippen LogP contribution in [0.1, 0.15) is 30.6 Å². The van der Waals surface area contributed by atoms with Crippen LogP contribution in [0.2, 0.25) is 0 Å². The molecule has 6 nitrogen and oxygen atoms in total. The van der Waals surface area contributed by atoms with Crippen LogP contribution in [0.25, 0.3) is 0 Å². The maximum atomic E-state index is 11.4. The number of likely N-dealkylation sites (N-methyl/N-ethyl adjacent to an activating group) is 1. The summed E-state index contributed by atoms with van der Waals surface area (Å²) in [6.07, 6.45) is 0.996. The van der Waals surface area contributed by atoms with E-state index in [0.717, 1.165) is 26.1 Å². The summed E-state index contributed by atoms with van der Waals surface area (Å²) in [6, 6.07) is 5.17. The van der Waals surface area contributed by atoms with Gasteiger partial charge in [0, 0.05) is 30.8 Å². The Kier molecular flexibility index (Phi) is 4.57. The number of nitro groups is 1. The Hall–Kier alpha value is -1.95. The summed E-state index contributed by atoms with van der Waals surface area (Å²) in [7, 11) is 2.07. The molecule has 1 aromatic carbocycles. The Morgan fingerprint density at radius 1 is 1.52 bits per heavy atom. The minimum absolute atomic E-state index is 0.0162. The van der Waals surface area contributed by atoms with Crippen LogP contribution in [0.15, 0.2) is 18.2 Å². The fourth-order valence-corrected chi connectivity index (χ4v) is 2.73. The third-order valence-electron chi connectivity index (χ3n) is 4.20. The van der Waals surface area contributed by atoms with E-state index in [1.54, 1.807) is 12.1 Å². The van der Waals surface area contributed by atoms with Crippen molar-refractivity contribution < 1.29 is 9.72 Å². The van der Waals surface area contributed by atoms with E-state index in [1.165, 1.54) is 13.0 Å². The van der Waals surface area contributed by atoms with Crippen molar-refractivity contribution in [3.63, 3.8) is 0 Å². The maximum Gasteiger partial charge on any atom is 0.293 e. The summed E-state index contributed by atoms with van der Waals surface area (Å²) in [5, 5.41) is 11.3. The number of hydrogen-bond acceptors (Lipinski definition) is 5. The normalized spacial score (nSPS) is 18.3. The number of rotatable bonds is 5. The molecule has 114 valence electrons. The molecule has 1 atom stereocenters. The fraction of sp³-hybridized carbons (Fsp3) is 0.533. The van der Waals surface area contributed by atoms with Crippen LogP contribution in [-0.2, 0) is 0 Å².